The number of aryl methyl sites for hydroxylation is 1. The Morgan fingerprint density at radius 2 is 1.16 bits per heavy atom. The van der Waals surface area contributed by atoms with E-state index in [4.69, 9.17) is 38.6 Å². The first kappa shape index (κ1) is 35.8. The number of nitrogens with one attached hydrogen (secondary N) is 2. The van der Waals surface area contributed by atoms with Crippen LogP contribution >= 0.6 is 45.2 Å². The standard InChI is InChI=1S/C31H42I2N2O8/c1-20-28(32)22(3)34-30(20)27(31-21(2)29(33)23(4)35-31)24-17-25(42-15-13-40-11-9-38-7-5-36)19-26(18-24)43-16-14-41-12-10-39-8-6-37/h17-19,34-37H,3,5-16H2,1-2,4H3/b30-27-. The van der Waals surface area contributed by atoms with Gasteiger partial charge in [0.15, 0.2) is 0 Å². The highest BCUT2D eigenvalue weighted by atomic mass is 127. The van der Waals surface area contributed by atoms with Gasteiger partial charge in [0, 0.05) is 29.8 Å². The van der Waals surface area contributed by atoms with E-state index in [-0.39, 0.29) is 13.2 Å². The molecule has 0 bridgehead atoms. The molecule has 0 aliphatic rings. The monoisotopic (exact) mass is 824 g/mol. The summed E-state index contributed by atoms with van der Waals surface area (Å²) in [6, 6.07) is 5.89. The smallest absolute Gasteiger partial charge is 0.123 e. The molecule has 3 aromatic rings. The van der Waals surface area contributed by atoms with E-state index in [2.05, 4.69) is 82.5 Å². The second kappa shape index (κ2) is 19.0. The van der Waals surface area contributed by atoms with Crippen LogP contribution in [0.3, 0.4) is 0 Å². The van der Waals surface area contributed by atoms with Gasteiger partial charge in [0.1, 0.15) is 24.7 Å². The van der Waals surface area contributed by atoms with Crippen LogP contribution in [-0.4, -0.2) is 99.5 Å². The van der Waals surface area contributed by atoms with E-state index in [0.29, 0.717) is 77.6 Å². The molecule has 0 saturated heterocycles. The number of halogens is 2. The minimum absolute atomic E-state index is 0.00794. The van der Waals surface area contributed by atoms with Crippen LogP contribution < -0.4 is 20.2 Å². The van der Waals surface area contributed by atoms with Crippen molar-refractivity contribution in [1.29, 1.82) is 0 Å². The molecule has 0 fully saturated rings. The Morgan fingerprint density at radius 3 is 1.58 bits per heavy atom. The Hall–Kier alpha value is -1.66. The number of aliphatic hydroxyl groups is 2. The average Bonchev–Trinajstić information content (AvgIpc) is 3.39. The molecule has 238 valence electrons. The topological polar surface area (TPSA) is 127 Å². The van der Waals surface area contributed by atoms with Crippen LogP contribution in [0.2, 0.25) is 0 Å². The van der Waals surface area contributed by atoms with Crippen LogP contribution in [0.4, 0.5) is 0 Å². The zero-order chi connectivity index (χ0) is 31.2. The maximum atomic E-state index is 8.82. The van der Waals surface area contributed by atoms with E-state index < -0.39 is 0 Å². The first-order valence-corrected chi connectivity index (χ1v) is 16.3. The first-order valence-electron chi connectivity index (χ1n) is 14.1. The molecule has 0 spiro atoms. The molecule has 0 aliphatic heterocycles. The minimum Gasteiger partial charge on any atom is -0.491 e. The second-order valence-corrected chi connectivity index (χ2v) is 11.8. The van der Waals surface area contributed by atoms with Crippen LogP contribution in [0.5, 0.6) is 11.5 Å². The number of H-pyrrole nitrogens is 2. The molecule has 2 heterocycles. The lowest BCUT2D eigenvalue weighted by Gasteiger charge is -2.15. The number of hydrogen-bond acceptors (Lipinski definition) is 8. The lowest BCUT2D eigenvalue weighted by atomic mass is 9.98. The maximum absolute atomic E-state index is 8.82. The molecule has 0 saturated carbocycles. The zero-order valence-electron chi connectivity index (χ0n) is 25.0. The van der Waals surface area contributed by atoms with Gasteiger partial charge in [0.25, 0.3) is 0 Å². The quantitative estimate of drug-likeness (QED) is 0.101. The molecule has 3 rings (SSSR count). The fourth-order valence-electron chi connectivity index (χ4n) is 4.37. The van der Waals surface area contributed by atoms with Crippen LogP contribution in [0.15, 0.2) is 18.2 Å². The molecule has 10 nitrogen and oxygen atoms in total. The van der Waals surface area contributed by atoms with E-state index >= 15 is 0 Å². The average molecular weight is 824 g/mol. The number of aromatic nitrogens is 2. The Labute approximate surface area is 280 Å². The van der Waals surface area contributed by atoms with Gasteiger partial charge in [-0.15, -0.1) is 0 Å². The van der Waals surface area contributed by atoms with E-state index in [0.717, 1.165) is 47.9 Å². The number of rotatable bonds is 20. The van der Waals surface area contributed by atoms with Crippen LogP contribution in [0.1, 0.15) is 28.1 Å². The van der Waals surface area contributed by atoms with Gasteiger partial charge in [0.05, 0.1) is 77.1 Å². The molecule has 1 aromatic carbocycles. The summed E-state index contributed by atoms with van der Waals surface area (Å²) < 4.78 is 36.2. The third-order valence-electron chi connectivity index (χ3n) is 6.47. The van der Waals surface area contributed by atoms with Crippen molar-refractivity contribution in [2.75, 3.05) is 79.3 Å². The highest BCUT2D eigenvalue weighted by molar-refractivity contribution is 14.1. The summed E-state index contributed by atoms with van der Waals surface area (Å²) in [6.07, 6.45) is 0. The van der Waals surface area contributed by atoms with Gasteiger partial charge in [-0.25, -0.2) is 0 Å². The molecular weight excluding hydrogens is 782 g/mol. The number of aliphatic hydroxyl groups excluding tert-OH is 2. The van der Waals surface area contributed by atoms with Crippen LogP contribution in [0, 0.1) is 27.9 Å². The van der Waals surface area contributed by atoms with Crippen molar-refractivity contribution in [3.63, 3.8) is 0 Å². The van der Waals surface area contributed by atoms with Gasteiger partial charge in [-0.3, -0.25) is 0 Å². The summed E-state index contributed by atoms with van der Waals surface area (Å²) in [5.74, 6) is 1.29. The van der Waals surface area contributed by atoms with E-state index in [9.17, 15) is 0 Å². The molecular formula is C31H42I2N2O8. The fourth-order valence-corrected chi connectivity index (χ4v) is 5.18. The predicted molar refractivity (Wildman–Crippen MR) is 182 cm³/mol. The molecule has 0 unspecified atom stereocenters. The van der Waals surface area contributed by atoms with Gasteiger partial charge in [-0.1, -0.05) is 6.58 Å². The Kier molecular flexibility index (Phi) is 15.8. The minimum atomic E-state index is -0.00794. The van der Waals surface area contributed by atoms with Crippen molar-refractivity contribution in [3.8, 4) is 11.5 Å². The summed E-state index contributed by atoms with van der Waals surface area (Å²) >= 11 is 4.71. The number of aromatic amines is 2. The molecule has 0 atom stereocenters. The van der Waals surface area contributed by atoms with Crippen molar-refractivity contribution in [1.82, 2.24) is 9.97 Å². The lowest BCUT2D eigenvalue weighted by Crippen LogP contribution is -2.17. The largest absolute Gasteiger partial charge is 0.491 e. The summed E-state index contributed by atoms with van der Waals surface area (Å²) in [4.78, 5) is 7.11. The normalized spacial score (nSPS) is 12.2. The molecule has 2 aromatic heterocycles. The summed E-state index contributed by atoms with van der Waals surface area (Å²) in [5.41, 5.74) is 6.31. The fraction of sp³-hybridized carbons (Fsp3) is 0.484. The van der Waals surface area contributed by atoms with E-state index in [1.807, 2.05) is 18.2 Å². The Bertz CT molecular complexity index is 1370. The number of benzene rings is 1. The SMILES string of the molecule is C=c1[nH]/c(=C(/c2cc(OCCOCCOCCO)cc(OCCOCCOCCO)c2)c2[nH]c(C)c(I)c2C)c(C)c1I. The van der Waals surface area contributed by atoms with Crippen molar-refractivity contribution in [2.45, 2.75) is 20.8 Å². The predicted octanol–water partition coefficient (Wildman–Crippen LogP) is 2.94. The maximum Gasteiger partial charge on any atom is 0.123 e. The highest BCUT2D eigenvalue weighted by Crippen LogP contribution is 2.33. The Morgan fingerprint density at radius 1 is 0.674 bits per heavy atom. The van der Waals surface area contributed by atoms with Crippen molar-refractivity contribution >= 4 is 57.3 Å². The molecule has 12 heteroatoms. The highest BCUT2D eigenvalue weighted by Gasteiger charge is 2.20. The summed E-state index contributed by atoms with van der Waals surface area (Å²) in [7, 11) is 0. The Balaban J connectivity index is 1.90. The van der Waals surface area contributed by atoms with Crippen molar-refractivity contribution in [3.05, 3.63) is 64.1 Å². The van der Waals surface area contributed by atoms with Crippen molar-refractivity contribution in [2.24, 2.45) is 0 Å². The van der Waals surface area contributed by atoms with Crippen LogP contribution in [-0.2, 0) is 18.9 Å². The van der Waals surface area contributed by atoms with E-state index in [1.54, 1.807) is 0 Å². The third kappa shape index (κ3) is 10.7. The van der Waals surface area contributed by atoms with Gasteiger partial charge >= 0.3 is 0 Å². The van der Waals surface area contributed by atoms with Crippen LogP contribution in [0.25, 0.3) is 12.2 Å². The molecule has 0 aliphatic carbocycles. The van der Waals surface area contributed by atoms with Gasteiger partial charge in [-0.05, 0) is 94.8 Å². The molecule has 43 heavy (non-hydrogen) atoms. The third-order valence-corrected chi connectivity index (χ3v) is 9.55. The van der Waals surface area contributed by atoms with Gasteiger partial charge in [-0.2, -0.15) is 0 Å². The summed E-state index contributed by atoms with van der Waals surface area (Å²) in [5, 5.41) is 19.5. The first-order chi connectivity index (χ1) is 20.8. The molecule has 4 N–H and O–H groups in total. The van der Waals surface area contributed by atoms with Crippen molar-refractivity contribution < 1.29 is 38.6 Å². The van der Waals surface area contributed by atoms with Gasteiger partial charge in [0.2, 0.25) is 0 Å². The van der Waals surface area contributed by atoms with E-state index in [1.165, 1.54) is 3.57 Å². The zero-order valence-corrected chi connectivity index (χ0v) is 29.3. The lowest BCUT2D eigenvalue weighted by molar-refractivity contribution is 0.0241. The molecule has 0 amide bonds. The number of ether oxygens (including phenoxy) is 6. The number of hydrogen-bond donors (Lipinski definition) is 4. The molecule has 0 radical (unpaired) electrons. The van der Waals surface area contributed by atoms with Gasteiger partial charge < -0.3 is 48.6 Å². The summed E-state index contributed by atoms with van der Waals surface area (Å²) in [6.45, 7) is 14.2. The second-order valence-electron chi connectivity index (χ2n) is 9.64.